The Kier molecular flexibility index (Phi) is 5.26. The molecule has 0 fully saturated rings. The first-order valence-corrected chi connectivity index (χ1v) is 7.94. The summed E-state index contributed by atoms with van der Waals surface area (Å²) in [6.07, 6.45) is -7.01. The fourth-order valence-corrected chi connectivity index (χ4v) is 2.45. The Morgan fingerprint density at radius 1 is 0.821 bits per heavy atom. The van der Waals surface area contributed by atoms with E-state index >= 15 is 0 Å². The second-order valence-corrected chi connectivity index (χ2v) is 5.74. The highest BCUT2D eigenvalue weighted by Crippen LogP contribution is 2.30. The van der Waals surface area contributed by atoms with Crippen LogP contribution in [0.3, 0.4) is 0 Å². The number of nitrogens with zero attached hydrogens (tertiary/aromatic N) is 1. The summed E-state index contributed by atoms with van der Waals surface area (Å²) in [6.45, 7) is -0.173. The van der Waals surface area contributed by atoms with Gasteiger partial charge in [0.15, 0.2) is 0 Å². The molecule has 0 unspecified atom stereocenters. The maximum atomic E-state index is 12.7. The molecule has 0 bridgehead atoms. The molecule has 3 nitrogen and oxygen atoms in total. The lowest BCUT2D eigenvalue weighted by atomic mass is 10.2. The molecule has 9 heteroatoms. The molecule has 0 aliphatic heterocycles. The maximum absolute atomic E-state index is 12.7. The van der Waals surface area contributed by atoms with Gasteiger partial charge in [-0.2, -0.15) is 13.2 Å². The lowest BCUT2D eigenvalue weighted by Gasteiger charge is -2.14. The van der Waals surface area contributed by atoms with E-state index < -0.39 is 18.1 Å². The van der Waals surface area contributed by atoms with Crippen molar-refractivity contribution >= 4 is 0 Å². The van der Waals surface area contributed by atoms with Crippen LogP contribution >= 0.6 is 0 Å². The monoisotopic (exact) mass is 401 g/mol. The second-order valence-electron chi connectivity index (χ2n) is 5.74. The van der Waals surface area contributed by atoms with Gasteiger partial charge < -0.3 is 14.0 Å². The SMILES string of the molecule is FC(F)(F)Oc1ccccc1COc1ccc(-n2ccc(C(F)(F)F)c2)cc1. The van der Waals surface area contributed by atoms with Gasteiger partial charge in [0.2, 0.25) is 0 Å². The van der Waals surface area contributed by atoms with Crippen LogP contribution in [0.5, 0.6) is 11.5 Å². The summed E-state index contributed by atoms with van der Waals surface area (Å²) < 4.78 is 86.0. The Bertz CT molecular complexity index is 929. The van der Waals surface area contributed by atoms with E-state index in [-0.39, 0.29) is 17.9 Å². The molecule has 3 rings (SSSR count). The highest BCUT2D eigenvalue weighted by molar-refractivity contribution is 5.39. The average molecular weight is 401 g/mol. The van der Waals surface area contributed by atoms with Crippen LogP contribution in [0.1, 0.15) is 11.1 Å². The largest absolute Gasteiger partial charge is 0.573 e. The predicted molar refractivity (Wildman–Crippen MR) is 88.2 cm³/mol. The zero-order valence-electron chi connectivity index (χ0n) is 14.1. The minimum Gasteiger partial charge on any atom is -0.489 e. The standard InChI is InChI=1S/C19H13F6NO2/c20-18(21,22)14-9-10-26(11-14)15-5-7-16(8-6-15)27-12-13-3-1-2-4-17(13)28-19(23,24)25/h1-11H,12H2. The van der Waals surface area contributed by atoms with Crippen LogP contribution in [0.2, 0.25) is 0 Å². The van der Waals surface area contributed by atoms with Crippen molar-refractivity contribution in [3.05, 3.63) is 78.1 Å². The number of benzene rings is 2. The Morgan fingerprint density at radius 3 is 2.11 bits per heavy atom. The number of aromatic nitrogens is 1. The second kappa shape index (κ2) is 7.49. The number of para-hydroxylation sites is 1. The van der Waals surface area contributed by atoms with E-state index in [1.165, 1.54) is 53.2 Å². The smallest absolute Gasteiger partial charge is 0.489 e. The highest BCUT2D eigenvalue weighted by atomic mass is 19.4. The topological polar surface area (TPSA) is 23.4 Å². The molecule has 0 saturated heterocycles. The lowest BCUT2D eigenvalue weighted by molar-refractivity contribution is -0.275. The van der Waals surface area contributed by atoms with Gasteiger partial charge in [0, 0.05) is 23.6 Å². The molecule has 1 aromatic heterocycles. The highest BCUT2D eigenvalue weighted by Gasteiger charge is 2.32. The molecule has 0 aliphatic rings. The van der Waals surface area contributed by atoms with Gasteiger partial charge in [0.1, 0.15) is 18.1 Å². The van der Waals surface area contributed by atoms with Gasteiger partial charge in [0.25, 0.3) is 0 Å². The molecule has 0 spiro atoms. The van der Waals surface area contributed by atoms with Gasteiger partial charge in [-0.25, -0.2) is 0 Å². The van der Waals surface area contributed by atoms with Gasteiger partial charge in [-0.3, -0.25) is 0 Å². The molecule has 0 radical (unpaired) electrons. The number of ether oxygens (including phenoxy) is 2. The van der Waals surface area contributed by atoms with E-state index in [0.717, 1.165) is 12.3 Å². The summed E-state index contributed by atoms with van der Waals surface area (Å²) in [5, 5.41) is 0. The van der Waals surface area contributed by atoms with Crippen molar-refractivity contribution in [2.45, 2.75) is 19.1 Å². The number of hydrogen-bond donors (Lipinski definition) is 0. The third kappa shape index (κ3) is 4.99. The first-order chi connectivity index (χ1) is 13.1. The average Bonchev–Trinajstić information content (AvgIpc) is 3.11. The minimum absolute atomic E-state index is 0.173. The molecule has 0 N–H and O–H groups in total. The number of halogens is 6. The summed E-state index contributed by atoms with van der Waals surface area (Å²) in [4.78, 5) is 0. The summed E-state index contributed by atoms with van der Waals surface area (Å²) in [5.41, 5.74) is -0.0955. The van der Waals surface area contributed by atoms with Crippen molar-refractivity contribution in [3.8, 4) is 17.2 Å². The molecule has 0 aliphatic carbocycles. The van der Waals surface area contributed by atoms with Crippen molar-refractivity contribution in [1.82, 2.24) is 4.57 Å². The van der Waals surface area contributed by atoms with Crippen LogP contribution in [0, 0.1) is 0 Å². The molecular weight excluding hydrogens is 388 g/mol. The van der Waals surface area contributed by atoms with Crippen LogP contribution in [-0.2, 0) is 12.8 Å². The van der Waals surface area contributed by atoms with E-state index in [1.807, 2.05) is 0 Å². The van der Waals surface area contributed by atoms with Gasteiger partial charge in [-0.05, 0) is 36.4 Å². The van der Waals surface area contributed by atoms with Gasteiger partial charge in [0.05, 0.1) is 5.56 Å². The molecule has 148 valence electrons. The molecule has 28 heavy (non-hydrogen) atoms. The van der Waals surface area contributed by atoms with Crippen molar-refractivity contribution in [1.29, 1.82) is 0 Å². The molecule has 2 aromatic carbocycles. The van der Waals surface area contributed by atoms with Gasteiger partial charge in [-0.1, -0.05) is 18.2 Å². The van der Waals surface area contributed by atoms with Crippen molar-refractivity contribution in [2.75, 3.05) is 0 Å². The van der Waals surface area contributed by atoms with E-state index in [4.69, 9.17) is 4.74 Å². The molecule has 0 saturated carbocycles. The molecule has 0 atom stereocenters. The molecular formula is C19H13F6NO2. The van der Waals surface area contributed by atoms with E-state index in [0.29, 0.717) is 11.4 Å². The summed E-state index contributed by atoms with van der Waals surface area (Å²) in [6, 6.07) is 12.6. The van der Waals surface area contributed by atoms with Crippen molar-refractivity contribution in [2.24, 2.45) is 0 Å². The third-order valence-corrected chi connectivity index (χ3v) is 3.75. The summed E-state index contributed by atoms with van der Waals surface area (Å²) in [5.74, 6) is -0.0209. The lowest BCUT2D eigenvalue weighted by Crippen LogP contribution is -2.18. The number of hydrogen-bond acceptors (Lipinski definition) is 2. The molecule has 1 heterocycles. The Morgan fingerprint density at radius 2 is 1.50 bits per heavy atom. The van der Waals surface area contributed by atoms with Crippen LogP contribution < -0.4 is 9.47 Å². The van der Waals surface area contributed by atoms with Crippen LogP contribution in [-0.4, -0.2) is 10.9 Å². The van der Waals surface area contributed by atoms with E-state index in [1.54, 1.807) is 6.07 Å². The fraction of sp³-hybridized carbons (Fsp3) is 0.158. The molecule has 3 aromatic rings. The summed E-state index contributed by atoms with van der Waals surface area (Å²) in [7, 11) is 0. The van der Waals surface area contributed by atoms with Gasteiger partial charge >= 0.3 is 12.5 Å². The minimum atomic E-state index is -4.82. The first-order valence-electron chi connectivity index (χ1n) is 7.94. The van der Waals surface area contributed by atoms with Crippen LogP contribution in [0.15, 0.2) is 67.0 Å². The zero-order valence-corrected chi connectivity index (χ0v) is 14.1. The third-order valence-electron chi connectivity index (χ3n) is 3.75. The number of rotatable bonds is 5. The maximum Gasteiger partial charge on any atom is 0.573 e. The normalized spacial score (nSPS) is 12.1. The Labute approximate surface area is 155 Å². The van der Waals surface area contributed by atoms with Crippen LogP contribution in [0.25, 0.3) is 5.69 Å². The Hall–Kier alpha value is -3.10. The van der Waals surface area contributed by atoms with Crippen molar-refractivity contribution < 1.29 is 35.8 Å². The quantitative estimate of drug-likeness (QED) is 0.492. The fourth-order valence-electron chi connectivity index (χ4n) is 2.45. The van der Waals surface area contributed by atoms with E-state index in [9.17, 15) is 26.3 Å². The number of alkyl halides is 6. The Balaban J connectivity index is 1.68. The molecule has 0 amide bonds. The zero-order chi connectivity index (χ0) is 20.4. The van der Waals surface area contributed by atoms with Crippen LogP contribution in [0.4, 0.5) is 26.3 Å². The first kappa shape index (κ1) is 19.7. The summed E-state index contributed by atoms with van der Waals surface area (Å²) >= 11 is 0. The van der Waals surface area contributed by atoms with Crippen molar-refractivity contribution in [3.63, 3.8) is 0 Å². The van der Waals surface area contributed by atoms with E-state index in [2.05, 4.69) is 4.74 Å². The van der Waals surface area contributed by atoms with Gasteiger partial charge in [-0.15, -0.1) is 13.2 Å². The predicted octanol–water partition coefficient (Wildman–Crippen LogP) is 5.97.